The van der Waals surface area contributed by atoms with Crippen LogP contribution in [0.1, 0.15) is 0 Å². The maximum Gasteiger partial charge on any atom is 0.123 e. The van der Waals surface area contributed by atoms with Crippen LogP contribution in [-0.2, 0) is 0 Å². The van der Waals surface area contributed by atoms with Crippen LogP contribution >= 0.6 is 0 Å². The summed E-state index contributed by atoms with van der Waals surface area (Å²) in [5.41, 5.74) is 14.7. The highest BCUT2D eigenvalue weighted by Crippen LogP contribution is 2.48. The van der Waals surface area contributed by atoms with E-state index in [-0.39, 0.29) is 5.82 Å². The Balaban J connectivity index is 0.947. The van der Waals surface area contributed by atoms with Gasteiger partial charge in [-0.3, -0.25) is 0 Å². The Hall–Kier alpha value is -8.59. The fourth-order valence-electron chi connectivity index (χ4n) is 9.95. The van der Waals surface area contributed by atoms with Crippen molar-refractivity contribution in [3.05, 3.63) is 261 Å². The number of nitrogens with zero attached hydrogens (tertiary/aromatic N) is 1. The van der Waals surface area contributed by atoms with Crippen molar-refractivity contribution in [2.75, 3.05) is 4.90 Å². The lowest BCUT2D eigenvalue weighted by molar-refractivity contribution is 0.628. The van der Waals surface area contributed by atoms with Crippen LogP contribution < -0.4 is 4.90 Å². The minimum atomic E-state index is -0.259. The predicted molar refractivity (Wildman–Crippen MR) is 278 cm³/mol. The van der Waals surface area contributed by atoms with Gasteiger partial charge in [0.1, 0.15) is 5.82 Å². The van der Waals surface area contributed by atoms with Crippen molar-refractivity contribution >= 4 is 60.2 Å². The molecule has 0 amide bonds. The zero-order chi connectivity index (χ0) is 44.0. The fourth-order valence-corrected chi connectivity index (χ4v) is 9.95. The summed E-state index contributed by atoms with van der Waals surface area (Å²) in [6.07, 6.45) is 0. The molecule has 12 rings (SSSR count). The number of anilines is 3. The first-order valence-corrected chi connectivity index (χ1v) is 22.5. The summed E-state index contributed by atoms with van der Waals surface area (Å²) < 4.78 is 14.1. The van der Waals surface area contributed by atoms with Crippen LogP contribution in [0.25, 0.3) is 98.7 Å². The first-order valence-electron chi connectivity index (χ1n) is 22.5. The Morgan fingerprint density at radius 3 is 1.11 bits per heavy atom. The zero-order valence-electron chi connectivity index (χ0n) is 36.1. The molecular formula is C64H42FN. The van der Waals surface area contributed by atoms with Gasteiger partial charge in [0.2, 0.25) is 0 Å². The number of rotatable bonds is 8. The van der Waals surface area contributed by atoms with Gasteiger partial charge in [0, 0.05) is 17.1 Å². The molecule has 0 unspecified atom stereocenters. The molecule has 0 heterocycles. The number of benzene rings is 12. The van der Waals surface area contributed by atoms with E-state index in [2.05, 4.69) is 229 Å². The SMILES string of the molecule is Fc1ccc(N(c2ccc(-c3ccccc3)cc2)c2ccc(-c3ccc(-c4ccc5c(-c6cccc7ccccc67)c6ccccc6c(-c6cccc7ccccc67)c5c4)cc3)cc2)cc1. The van der Waals surface area contributed by atoms with Gasteiger partial charge in [-0.05, 0) is 153 Å². The van der Waals surface area contributed by atoms with Gasteiger partial charge in [-0.15, -0.1) is 0 Å². The Kier molecular flexibility index (Phi) is 9.77. The number of fused-ring (bicyclic) bond motifs is 4. The standard InChI is InChI=1S/C64H42FN/c65-51-33-39-54(40-34-51)66(52-35-28-45(29-36-52)43-12-2-1-3-13-43)53-37-30-46(31-38-53)44-24-26-47(27-25-44)50-32-41-61-62(42-50)64(58-23-11-17-49-15-5-7-19-56(49)58)60-21-9-8-20-59(60)63(61)57-22-10-16-48-14-4-6-18-55(48)57/h1-42H. The van der Waals surface area contributed by atoms with Crippen molar-refractivity contribution in [3.8, 4) is 55.6 Å². The molecule has 12 aromatic carbocycles. The highest BCUT2D eigenvalue weighted by atomic mass is 19.1. The zero-order valence-corrected chi connectivity index (χ0v) is 36.1. The summed E-state index contributed by atoms with van der Waals surface area (Å²) >= 11 is 0. The molecule has 1 nitrogen and oxygen atoms in total. The molecule has 0 spiro atoms. The lowest BCUT2D eigenvalue weighted by atomic mass is 9.83. The van der Waals surface area contributed by atoms with Crippen LogP contribution in [0.4, 0.5) is 21.5 Å². The van der Waals surface area contributed by atoms with Crippen LogP contribution in [0.15, 0.2) is 255 Å². The molecule has 0 aliphatic rings. The number of hydrogen-bond acceptors (Lipinski definition) is 1. The van der Waals surface area contributed by atoms with Gasteiger partial charge in [0.05, 0.1) is 0 Å². The molecule has 66 heavy (non-hydrogen) atoms. The molecule has 0 saturated heterocycles. The average molecular weight is 844 g/mol. The lowest BCUT2D eigenvalue weighted by Gasteiger charge is -2.26. The van der Waals surface area contributed by atoms with Crippen molar-refractivity contribution in [2.45, 2.75) is 0 Å². The minimum Gasteiger partial charge on any atom is -0.311 e. The molecule has 0 aliphatic carbocycles. The second-order valence-electron chi connectivity index (χ2n) is 17.0. The quantitative estimate of drug-likeness (QED) is 0.138. The molecule has 12 aromatic rings. The minimum absolute atomic E-state index is 0.259. The molecule has 0 saturated carbocycles. The molecular weight excluding hydrogens is 802 g/mol. The van der Waals surface area contributed by atoms with E-state index in [4.69, 9.17) is 0 Å². The normalized spacial score (nSPS) is 11.4. The summed E-state index contributed by atoms with van der Waals surface area (Å²) in [4.78, 5) is 2.17. The smallest absolute Gasteiger partial charge is 0.123 e. The van der Waals surface area contributed by atoms with E-state index < -0.39 is 0 Å². The highest BCUT2D eigenvalue weighted by Gasteiger charge is 2.20. The van der Waals surface area contributed by atoms with Crippen LogP contribution in [0, 0.1) is 5.82 Å². The maximum absolute atomic E-state index is 14.1. The predicted octanol–water partition coefficient (Wildman–Crippen LogP) is 18.2. The van der Waals surface area contributed by atoms with Gasteiger partial charge in [-0.2, -0.15) is 0 Å². The van der Waals surface area contributed by atoms with Crippen molar-refractivity contribution in [1.29, 1.82) is 0 Å². The Bertz CT molecular complexity index is 3710. The monoisotopic (exact) mass is 843 g/mol. The third-order valence-corrected chi connectivity index (χ3v) is 13.1. The molecule has 0 atom stereocenters. The third kappa shape index (κ3) is 6.97. The largest absolute Gasteiger partial charge is 0.311 e. The first kappa shape index (κ1) is 39.0. The van der Waals surface area contributed by atoms with E-state index in [1.54, 1.807) is 0 Å². The van der Waals surface area contributed by atoms with Gasteiger partial charge in [-0.25, -0.2) is 4.39 Å². The van der Waals surface area contributed by atoms with Crippen molar-refractivity contribution in [2.24, 2.45) is 0 Å². The average Bonchev–Trinajstić information content (AvgIpc) is 3.39. The molecule has 310 valence electrons. The molecule has 2 heteroatoms. The van der Waals surface area contributed by atoms with Gasteiger partial charge < -0.3 is 4.90 Å². The van der Waals surface area contributed by atoms with E-state index in [0.29, 0.717) is 0 Å². The number of hydrogen-bond donors (Lipinski definition) is 0. The van der Waals surface area contributed by atoms with Crippen molar-refractivity contribution in [1.82, 2.24) is 0 Å². The summed E-state index contributed by atoms with van der Waals surface area (Å²) in [7, 11) is 0. The van der Waals surface area contributed by atoms with Crippen molar-refractivity contribution < 1.29 is 4.39 Å². The molecule has 0 aliphatic heterocycles. The van der Waals surface area contributed by atoms with Crippen molar-refractivity contribution in [3.63, 3.8) is 0 Å². The maximum atomic E-state index is 14.1. The van der Waals surface area contributed by atoms with E-state index in [1.165, 1.54) is 88.6 Å². The molecule has 0 radical (unpaired) electrons. The number of halogens is 1. The van der Waals surface area contributed by atoms with Crippen LogP contribution in [0.5, 0.6) is 0 Å². The first-order chi connectivity index (χ1) is 32.6. The van der Waals surface area contributed by atoms with E-state index in [9.17, 15) is 4.39 Å². The van der Waals surface area contributed by atoms with Crippen LogP contribution in [0.2, 0.25) is 0 Å². The van der Waals surface area contributed by atoms with Crippen LogP contribution in [0.3, 0.4) is 0 Å². The van der Waals surface area contributed by atoms with Gasteiger partial charge in [0.25, 0.3) is 0 Å². The fraction of sp³-hybridized carbons (Fsp3) is 0. The molecule has 0 N–H and O–H groups in total. The Morgan fingerprint density at radius 2 is 0.591 bits per heavy atom. The van der Waals surface area contributed by atoms with Gasteiger partial charge >= 0.3 is 0 Å². The van der Waals surface area contributed by atoms with Crippen LogP contribution in [-0.4, -0.2) is 0 Å². The molecule has 0 fully saturated rings. The lowest BCUT2D eigenvalue weighted by Crippen LogP contribution is -2.09. The third-order valence-electron chi connectivity index (χ3n) is 13.1. The summed E-state index contributed by atoms with van der Waals surface area (Å²) in [6, 6.07) is 90.0. The second-order valence-corrected chi connectivity index (χ2v) is 17.0. The van der Waals surface area contributed by atoms with E-state index >= 15 is 0 Å². The van der Waals surface area contributed by atoms with Gasteiger partial charge in [-0.1, -0.05) is 200 Å². The molecule has 0 bridgehead atoms. The molecule has 0 aromatic heterocycles. The van der Waals surface area contributed by atoms with E-state index in [1.807, 2.05) is 18.2 Å². The summed E-state index contributed by atoms with van der Waals surface area (Å²) in [5, 5.41) is 9.89. The summed E-state index contributed by atoms with van der Waals surface area (Å²) in [6.45, 7) is 0. The Morgan fingerprint density at radius 1 is 0.242 bits per heavy atom. The van der Waals surface area contributed by atoms with E-state index in [0.717, 1.165) is 39.3 Å². The summed E-state index contributed by atoms with van der Waals surface area (Å²) in [5.74, 6) is -0.259. The second kappa shape index (κ2) is 16.5. The topological polar surface area (TPSA) is 3.24 Å². The Labute approximate surface area is 383 Å². The highest BCUT2D eigenvalue weighted by molar-refractivity contribution is 6.25. The van der Waals surface area contributed by atoms with Gasteiger partial charge in [0.15, 0.2) is 0 Å².